The zero-order chi connectivity index (χ0) is 33.2. The quantitative estimate of drug-likeness (QED) is 0.129. The Morgan fingerprint density at radius 1 is 0.531 bits per heavy atom. The largest absolute Gasteiger partial charge is 0.545 e. The first-order valence-corrected chi connectivity index (χ1v) is 16.1. The predicted octanol–water partition coefficient (Wildman–Crippen LogP) is 9.47. The highest BCUT2D eigenvalue weighted by Gasteiger charge is 2.23. The van der Waals surface area contributed by atoms with Gasteiger partial charge in [-0.25, -0.2) is 0 Å². The Morgan fingerprint density at radius 3 is 1.67 bits per heavy atom. The van der Waals surface area contributed by atoms with Gasteiger partial charge in [0.25, 0.3) is 0 Å². The van der Waals surface area contributed by atoms with Crippen molar-refractivity contribution in [3.8, 4) is 22.5 Å². The molecular formula is C44H30N2O3. The first-order chi connectivity index (χ1) is 24.2. The lowest BCUT2D eigenvalue weighted by Gasteiger charge is -2.26. The third kappa shape index (κ3) is 5.64. The lowest BCUT2D eigenvalue weighted by Crippen LogP contribution is -2.23. The molecule has 0 spiro atoms. The topological polar surface area (TPSA) is 59.5 Å². The van der Waals surface area contributed by atoms with Gasteiger partial charge in [0.05, 0.1) is 12.0 Å². The van der Waals surface area contributed by atoms with Crippen molar-refractivity contribution in [3.63, 3.8) is 0 Å². The number of fused-ring (bicyclic) bond motifs is 2. The van der Waals surface area contributed by atoms with Gasteiger partial charge in [0.1, 0.15) is 11.3 Å². The molecule has 1 heterocycles. The summed E-state index contributed by atoms with van der Waals surface area (Å²) in [7, 11) is 0. The number of carbonyl (C=O) groups is 1. The molecule has 0 fully saturated rings. The summed E-state index contributed by atoms with van der Waals surface area (Å²) in [5.74, 6) is -0.613. The summed E-state index contributed by atoms with van der Waals surface area (Å²) in [6.45, 7) is 0. The Labute approximate surface area is 283 Å². The molecule has 49 heavy (non-hydrogen) atoms. The molecule has 0 saturated carbocycles. The second kappa shape index (κ2) is 12.8. The number of anilines is 3. The number of hydrogen-bond acceptors (Lipinski definition) is 4. The van der Waals surface area contributed by atoms with Crippen LogP contribution < -0.4 is 19.9 Å². The SMILES string of the molecule is O=C([O-])c1ccccc1-c1c2ccc(=[N+](c3ccccc3)c3ccccc3)cc-2oc2cc(N(c3ccccc3)c3ccccc3)ccc12. The van der Waals surface area contributed by atoms with Crippen molar-refractivity contribution >= 4 is 45.4 Å². The van der Waals surface area contributed by atoms with Gasteiger partial charge >= 0.3 is 0 Å². The summed E-state index contributed by atoms with van der Waals surface area (Å²) >= 11 is 0. The van der Waals surface area contributed by atoms with Crippen LogP contribution in [0, 0.1) is 0 Å². The third-order valence-corrected chi connectivity index (χ3v) is 8.68. The maximum Gasteiger partial charge on any atom is 0.215 e. The van der Waals surface area contributed by atoms with Gasteiger partial charge in [0.2, 0.25) is 16.7 Å². The predicted molar refractivity (Wildman–Crippen MR) is 195 cm³/mol. The average molecular weight is 635 g/mol. The highest BCUT2D eigenvalue weighted by Crippen LogP contribution is 2.43. The van der Waals surface area contributed by atoms with Gasteiger partial charge in [-0.2, -0.15) is 4.58 Å². The average Bonchev–Trinajstić information content (AvgIpc) is 3.16. The number of aromatic carboxylic acids is 1. The Balaban J connectivity index is 1.45. The van der Waals surface area contributed by atoms with E-state index in [4.69, 9.17) is 4.42 Å². The fourth-order valence-corrected chi connectivity index (χ4v) is 6.52. The molecule has 0 radical (unpaired) electrons. The number of carboxylic acid groups (broad SMARTS) is 1. The zero-order valence-corrected chi connectivity index (χ0v) is 26.4. The molecule has 0 unspecified atom stereocenters. The van der Waals surface area contributed by atoms with E-state index in [0.29, 0.717) is 16.9 Å². The highest BCUT2D eigenvalue weighted by molar-refractivity contribution is 6.07. The first-order valence-electron chi connectivity index (χ1n) is 16.1. The maximum absolute atomic E-state index is 12.4. The second-order valence-corrected chi connectivity index (χ2v) is 11.7. The van der Waals surface area contributed by atoms with Crippen LogP contribution in [0.5, 0.6) is 0 Å². The van der Waals surface area contributed by atoms with Gasteiger partial charge in [-0.05, 0) is 48.0 Å². The molecule has 0 N–H and O–H groups in total. The number of rotatable bonds is 7. The van der Waals surface area contributed by atoms with Gasteiger partial charge < -0.3 is 19.2 Å². The van der Waals surface area contributed by atoms with E-state index in [1.165, 1.54) is 0 Å². The van der Waals surface area contributed by atoms with E-state index in [2.05, 4.69) is 70.1 Å². The lowest BCUT2D eigenvalue weighted by molar-refractivity contribution is -0.254. The maximum atomic E-state index is 12.4. The van der Waals surface area contributed by atoms with Crippen molar-refractivity contribution < 1.29 is 14.3 Å². The lowest BCUT2D eigenvalue weighted by atomic mass is 9.90. The van der Waals surface area contributed by atoms with Crippen molar-refractivity contribution in [1.82, 2.24) is 4.58 Å². The summed E-state index contributed by atoms with van der Waals surface area (Å²) in [6.07, 6.45) is 0. The van der Waals surface area contributed by atoms with E-state index < -0.39 is 5.97 Å². The van der Waals surface area contributed by atoms with Gasteiger partial charge in [-0.15, -0.1) is 0 Å². The molecule has 0 atom stereocenters. The fourth-order valence-electron chi connectivity index (χ4n) is 6.52. The molecule has 5 nitrogen and oxygen atoms in total. The zero-order valence-electron chi connectivity index (χ0n) is 26.4. The molecule has 0 saturated heterocycles. The number of para-hydroxylation sites is 4. The minimum absolute atomic E-state index is 0.120. The minimum Gasteiger partial charge on any atom is -0.545 e. The molecule has 0 amide bonds. The van der Waals surface area contributed by atoms with Crippen LogP contribution in [0.2, 0.25) is 0 Å². The van der Waals surface area contributed by atoms with Crippen LogP contribution in [0.3, 0.4) is 0 Å². The van der Waals surface area contributed by atoms with Crippen LogP contribution in [0.25, 0.3) is 33.4 Å². The number of nitrogens with zero attached hydrogens (tertiary/aromatic N) is 2. The normalized spacial score (nSPS) is 11.0. The molecule has 5 heteroatoms. The molecule has 0 aromatic heterocycles. The Kier molecular flexibility index (Phi) is 7.76. The first kappa shape index (κ1) is 29.7. The van der Waals surface area contributed by atoms with Crippen molar-refractivity contribution in [2.24, 2.45) is 0 Å². The molecule has 234 valence electrons. The minimum atomic E-state index is -1.23. The second-order valence-electron chi connectivity index (χ2n) is 11.7. The molecule has 2 aliphatic rings. The van der Waals surface area contributed by atoms with Gasteiger partial charge in [0, 0.05) is 75.5 Å². The summed E-state index contributed by atoms with van der Waals surface area (Å²) in [6, 6.07) is 59.9. The van der Waals surface area contributed by atoms with E-state index >= 15 is 0 Å². The van der Waals surface area contributed by atoms with E-state index in [1.807, 2.05) is 109 Å². The number of carbonyl (C=O) groups excluding carboxylic acids is 1. The molecule has 1 aliphatic carbocycles. The third-order valence-electron chi connectivity index (χ3n) is 8.68. The number of benzene rings is 7. The summed E-state index contributed by atoms with van der Waals surface area (Å²) in [5.41, 5.74) is 7.77. The van der Waals surface area contributed by atoms with E-state index in [-0.39, 0.29) is 5.56 Å². The highest BCUT2D eigenvalue weighted by atomic mass is 16.4. The molecule has 6 aromatic rings. The fraction of sp³-hybridized carbons (Fsp3) is 0. The van der Waals surface area contributed by atoms with Crippen LogP contribution in [-0.4, -0.2) is 5.97 Å². The Bertz CT molecular complexity index is 2380. The van der Waals surface area contributed by atoms with E-state index in [1.54, 1.807) is 12.1 Å². The van der Waals surface area contributed by atoms with Crippen LogP contribution in [0.15, 0.2) is 186 Å². The summed E-state index contributed by atoms with van der Waals surface area (Å²) < 4.78 is 8.99. The molecule has 6 aromatic carbocycles. The van der Waals surface area contributed by atoms with Crippen LogP contribution >= 0.6 is 0 Å². The van der Waals surface area contributed by atoms with Crippen molar-refractivity contribution in [3.05, 3.63) is 193 Å². The Morgan fingerprint density at radius 2 is 1.08 bits per heavy atom. The van der Waals surface area contributed by atoms with E-state index in [9.17, 15) is 9.90 Å². The summed E-state index contributed by atoms with van der Waals surface area (Å²) in [5, 5.41) is 14.1. The van der Waals surface area contributed by atoms with Gasteiger partial charge in [-0.3, -0.25) is 0 Å². The van der Waals surface area contributed by atoms with Crippen molar-refractivity contribution in [2.75, 3.05) is 4.90 Å². The monoisotopic (exact) mass is 634 g/mol. The molecular weight excluding hydrogens is 604 g/mol. The smallest absolute Gasteiger partial charge is 0.215 e. The number of carboxylic acids is 1. The summed E-state index contributed by atoms with van der Waals surface area (Å²) in [4.78, 5) is 14.6. The Hall–Kier alpha value is -6.72. The molecule has 0 bridgehead atoms. The van der Waals surface area contributed by atoms with Crippen LogP contribution in [0.4, 0.5) is 28.4 Å². The standard InChI is InChI=1S/C44H30N2O3/c47-44(48)38-24-14-13-23-37(38)43-39-27-25-35(45(31-15-5-1-6-16-31)32-17-7-2-8-18-32)29-41(39)49-42-30-36(26-28-40(42)43)46(33-19-9-3-10-20-33)34-21-11-4-12-22-34/h1-30H. The number of hydrogen-bond donors (Lipinski definition) is 0. The van der Waals surface area contributed by atoms with Crippen LogP contribution in [-0.2, 0) is 0 Å². The van der Waals surface area contributed by atoms with Crippen LogP contribution in [0.1, 0.15) is 10.4 Å². The van der Waals surface area contributed by atoms with E-state index in [0.717, 1.165) is 50.3 Å². The molecule has 1 aliphatic heterocycles. The van der Waals surface area contributed by atoms with Crippen molar-refractivity contribution in [2.45, 2.75) is 0 Å². The van der Waals surface area contributed by atoms with Gasteiger partial charge in [-0.1, -0.05) is 97.1 Å². The molecule has 8 rings (SSSR count). The van der Waals surface area contributed by atoms with Crippen molar-refractivity contribution in [1.29, 1.82) is 0 Å². The van der Waals surface area contributed by atoms with Gasteiger partial charge in [0.15, 0.2) is 0 Å².